The number of aliphatic hydroxyl groups is 1. The van der Waals surface area contributed by atoms with E-state index in [0.717, 1.165) is 49.3 Å². The van der Waals surface area contributed by atoms with E-state index >= 15 is 0 Å². The Kier molecular flexibility index (Phi) is 7.94. The first-order valence-electron chi connectivity index (χ1n) is 11.2. The fraction of sp³-hybridized carbons (Fsp3) is 0.458. The van der Waals surface area contributed by atoms with Crippen LogP contribution in [0.1, 0.15) is 24.0 Å². The number of nitrogens with zero attached hydrogens (tertiary/aromatic N) is 1. The predicted octanol–water partition coefficient (Wildman–Crippen LogP) is 2.47. The number of nitrogens with one attached hydrogen (secondary N) is 2. The van der Waals surface area contributed by atoms with Crippen LogP contribution in [0.3, 0.4) is 0 Å². The first-order chi connectivity index (χ1) is 15.6. The lowest BCUT2D eigenvalue weighted by Gasteiger charge is -2.38. The van der Waals surface area contributed by atoms with Gasteiger partial charge in [-0.05, 0) is 49.5 Å². The molecule has 0 radical (unpaired) electrons. The highest BCUT2D eigenvalue weighted by Gasteiger charge is 2.27. The van der Waals surface area contributed by atoms with Crippen molar-refractivity contribution in [2.45, 2.75) is 38.0 Å². The van der Waals surface area contributed by atoms with Gasteiger partial charge < -0.3 is 25.3 Å². The number of piperidine rings is 1. The van der Waals surface area contributed by atoms with Gasteiger partial charge in [0.05, 0.1) is 17.9 Å². The van der Waals surface area contributed by atoms with E-state index in [9.17, 15) is 15.0 Å². The molecule has 2 heterocycles. The monoisotopic (exact) mass is 457 g/mol. The minimum Gasteiger partial charge on any atom is -0.506 e. The third kappa shape index (κ3) is 5.76. The number of ether oxygens (including phenoxy) is 1. The number of phenolic OH excluding ortho intramolecular Hbond substituents is 1. The molecule has 1 fully saturated rings. The molecule has 1 aliphatic heterocycles. The van der Waals surface area contributed by atoms with Crippen LogP contribution in [0, 0.1) is 0 Å². The molecule has 0 bridgehead atoms. The van der Waals surface area contributed by atoms with Gasteiger partial charge in [0.2, 0.25) is 0 Å². The van der Waals surface area contributed by atoms with E-state index in [1.54, 1.807) is 12.1 Å². The second-order valence-corrected chi connectivity index (χ2v) is 9.20. The van der Waals surface area contributed by atoms with Crippen LogP contribution < -0.4 is 10.2 Å². The molecule has 32 heavy (non-hydrogen) atoms. The minimum absolute atomic E-state index is 0.0543. The molecule has 172 valence electrons. The lowest BCUT2D eigenvalue weighted by Crippen LogP contribution is -2.50. The van der Waals surface area contributed by atoms with E-state index in [1.165, 1.54) is 5.56 Å². The first kappa shape index (κ1) is 22.9. The molecule has 1 unspecified atom stereocenters. The lowest BCUT2D eigenvalue weighted by molar-refractivity contribution is -0.0464. The van der Waals surface area contributed by atoms with Gasteiger partial charge in [-0.1, -0.05) is 47.7 Å². The molecule has 1 aliphatic rings. The highest BCUT2D eigenvalue weighted by molar-refractivity contribution is 7.16. The van der Waals surface area contributed by atoms with Gasteiger partial charge in [0, 0.05) is 19.0 Å². The van der Waals surface area contributed by atoms with Gasteiger partial charge in [0.15, 0.2) is 0 Å². The molecule has 0 saturated carbocycles. The third-order valence-corrected chi connectivity index (χ3v) is 7.03. The molecule has 0 spiro atoms. The van der Waals surface area contributed by atoms with Crippen LogP contribution in [0.25, 0.3) is 10.2 Å². The Balaban J connectivity index is 1.39. The Bertz CT molecular complexity index is 1050. The van der Waals surface area contributed by atoms with Gasteiger partial charge in [-0.3, -0.25) is 9.69 Å². The highest BCUT2D eigenvalue weighted by atomic mass is 32.1. The summed E-state index contributed by atoms with van der Waals surface area (Å²) in [7, 11) is 0. The van der Waals surface area contributed by atoms with Crippen molar-refractivity contribution in [1.82, 2.24) is 15.2 Å². The number of thiazole rings is 1. The van der Waals surface area contributed by atoms with Gasteiger partial charge in [-0.2, -0.15) is 0 Å². The van der Waals surface area contributed by atoms with Crippen LogP contribution in [-0.2, 0) is 17.6 Å². The molecule has 1 aromatic heterocycles. The number of H-pyrrole nitrogens is 1. The molecule has 0 aliphatic carbocycles. The average Bonchev–Trinajstić information content (AvgIpc) is 3.22. The topological polar surface area (TPSA) is 97.8 Å². The van der Waals surface area contributed by atoms with Crippen LogP contribution in [0.2, 0.25) is 0 Å². The Morgan fingerprint density at radius 2 is 1.91 bits per heavy atom. The zero-order valence-corrected chi connectivity index (χ0v) is 18.9. The second kappa shape index (κ2) is 11.1. The highest BCUT2D eigenvalue weighted by Crippen LogP contribution is 2.29. The van der Waals surface area contributed by atoms with Crippen molar-refractivity contribution in [3.63, 3.8) is 0 Å². The average molecular weight is 458 g/mol. The summed E-state index contributed by atoms with van der Waals surface area (Å²) in [5.41, 5.74) is 2.56. The summed E-state index contributed by atoms with van der Waals surface area (Å²) in [5, 5.41) is 24.6. The first-order valence-corrected chi connectivity index (χ1v) is 12.0. The summed E-state index contributed by atoms with van der Waals surface area (Å²) < 4.78 is 6.61. The molecule has 1 atom stereocenters. The number of aromatic hydroxyl groups is 1. The van der Waals surface area contributed by atoms with Crippen LogP contribution in [0.5, 0.6) is 5.75 Å². The van der Waals surface area contributed by atoms with Gasteiger partial charge in [-0.25, -0.2) is 0 Å². The number of aliphatic hydroxyl groups excluding tert-OH is 1. The molecular weight excluding hydrogens is 426 g/mol. The second-order valence-electron chi connectivity index (χ2n) is 8.21. The predicted molar refractivity (Wildman–Crippen MR) is 127 cm³/mol. The fourth-order valence-electron chi connectivity index (χ4n) is 4.37. The summed E-state index contributed by atoms with van der Waals surface area (Å²) in [6, 6.07) is 13.9. The zero-order valence-electron chi connectivity index (χ0n) is 18.1. The molecule has 4 rings (SSSR count). The van der Waals surface area contributed by atoms with Crippen molar-refractivity contribution in [3.05, 3.63) is 63.3 Å². The van der Waals surface area contributed by atoms with Gasteiger partial charge in [0.1, 0.15) is 17.5 Å². The Hall–Kier alpha value is -2.23. The van der Waals surface area contributed by atoms with Gasteiger partial charge >= 0.3 is 4.87 Å². The van der Waals surface area contributed by atoms with E-state index in [0.29, 0.717) is 36.4 Å². The van der Waals surface area contributed by atoms with Crippen molar-refractivity contribution in [1.29, 1.82) is 0 Å². The van der Waals surface area contributed by atoms with Gasteiger partial charge in [0.25, 0.3) is 0 Å². The van der Waals surface area contributed by atoms with Crippen molar-refractivity contribution >= 4 is 21.6 Å². The van der Waals surface area contributed by atoms with Crippen molar-refractivity contribution in [3.8, 4) is 5.75 Å². The summed E-state index contributed by atoms with van der Waals surface area (Å²) in [4.78, 5) is 16.4. The summed E-state index contributed by atoms with van der Waals surface area (Å²) in [6.45, 7) is 3.72. The molecule has 7 nitrogen and oxygen atoms in total. The largest absolute Gasteiger partial charge is 0.506 e. The maximum absolute atomic E-state index is 11.8. The molecule has 2 aromatic carbocycles. The number of rotatable bonds is 10. The van der Waals surface area contributed by atoms with Crippen LogP contribution >= 0.6 is 11.3 Å². The Morgan fingerprint density at radius 1 is 1.12 bits per heavy atom. The summed E-state index contributed by atoms with van der Waals surface area (Å²) >= 11 is 1.07. The standard InChI is InChI=1S/C24H31N3O4S/c28-20-7-6-18(23-22(20)26-24(30)32-23)16-21(29)27(19-8-11-25-12-9-19)13-15-31-14-10-17-4-2-1-3-5-17/h1-7,19,21,25,28-29H,8-16H2,(H,26,30). The van der Waals surface area contributed by atoms with Crippen LogP contribution in [0.4, 0.5) is 0 Å². The number of hydrogen-bond donors (Lipinski definition) is 4. The molecule has 4 N–H and O–H groups in total. The maximum atomic E-state index is 11.8. The van der Waals surface area contributed by atoms with E-state index in [-0.39, 0.29) is 16.7 Å². The third-order valence-electron chi connectivity index (χ3n) is 6.07. The molecular formula is C24H31N3O4S. The SMILES string of the molecule is O=c1[nH]c2c(O)ccc(CC(O)N(CCOCCc3ccccc3)C3CCNCC3)c2s1. The number of benzene rings is 2. The number of hydrogen-bond acceptors (Lipinski definition) is 7. The normalized spacial score (nSPS) is 16.1. The van der Waals surface area contributed by atoms with Crippen LogP contribution in [-0.4, -0.2) is 65.2 Å². The number of fused-ring (bicyclic) bond motifs is 1. The van der Waals surface area contributed by atoms with E-state index < -0.39 is 6.23 Å². The molecule has 8 heteroatoms. The van der Waals surface area contributed by atoms with E-state index in [1.807, 2.05) is 18.2 Å². The smallest absolute Gasteiger partial charge is 0.305 e. The van der Waals surface area contributed by atoms with Gasteiger partial charge in [-0.15, -0.1) is 0 Å². The number of aromatic amines is 1. The maximum Gasteiger partial charge on any atom is 0.305 e. The van der Waals surface area contributed by atoms with Crippen molar-refractivity contribution in [2.75, 3.05) is 32.8 Å². The Morgan fingerprint density at radius 3 is 2.69 bits per heavy atom. The summed E-state index contributed by atoms with van der Waals surface area (Å²) in [6.07, 6.45) is 2.51. The molecule has 0 amide bonds. The van der Waals surface area contributed by atoms with E-state index in [2.05, 4.69) is 27.3 Å². The van der Waals surface area contributed by atoms with Crippen LogP contribution in [0.15, 0.2) is 47.3 Å². The molecule has 1 saturated heterocycles. The zero-order chi connectivity index (χ0) is 22.3. The lowest BCUT2D eigenvalue weighted by atomic mass is 10.0. The molecule has 3 aromatic rings. The van der Waals surface area contributed by atoms with Crippen molar-refractivity contribution in [2.24, 2.45) is 0 Å². The number of aromatic nitrogens is 1. The van der Waals surface area contributed by atoms with E-state index in [4.69, 9.17) is 4.74 Å². The quantitative estimate of drug-likeness (QED) is 0.276. The van der Waals surface area contributed by atoms with Crippen molar-refractivity contribution < 1.29 is 14.9 Å². The number of phenols is 1. The minimum atomic E-state index is -0.694. The fourth-order valence-corrected chi connectivity index (χ4v) is 5.25. The summed E-state index contributed by atoms with van der Waals surface area (Å²) in [5.74, 6) is 0.0543. The Labute approximate surface area is 191 Å².